The van der Waals surface area contributed by atoms with Crippen molar-refractivity contribution in [2.24, 2.45) is 0 Å². The molecule has 0 saturated heterocycles. The van der Waals surface area contributed by atoms with Gasteiger partial charge in [-0.1, -0.05) is 188 Å². The minimum absolute atomic E-state index is 0.777. The molecule has 310 valence electrons. The summed E-state index contributed by atoms with van der Waals surface area (Å²) >= 11 is 0. The summed E-state index contributed by atoms with van der Waals surface area (Å²) in [4.78, 5) is 5.08. The van der Waals surface area contributed by atoms with E-state index in [0.29, 0.717) is 0 Å². The Morgan fingerprint density at radius 2 is 0.909 bits per heavy atom. The average molecular weight is 842 g/mol. The standard InChI is InChI=1S/C63H43N3/c1-4-23-47(24-5-1)63(66(49-27-8-3-9-28-49)52-36-35-44-19-10-11-21-46(44)41-52)58-32-16-14-30-54(58)55-39-37-50(42-59(55)63)64(60-34-18-22-45-20-12-13-29-53(45)60)51-38-40-57-56-31-15-17-33-61(56)65(62(57)43-51)48-25-6-2-7-26-48/h1-43H. The summed E-state index contributed by atoms with van der Waals surface area (Å²) in [6, 6.07) is 95.9. The highest BCUT2D eigenvalue weighted by molar-refractivity contribution is 6.11. The SMILES string of the molecule is c1ccc(N(c2ccc3ccccc3c2)C2(c3ccccc3)c3ccccc3-c3ccc(N(c4ccc5c6ccccc6n(-c6ccccc6)c5c4)c4cccc5ccccc45)cc32)cc1. The first-order valence-electron chi connectivity index (χ1n) is 22.8. The molecular formula is C63H43N3. The number of rotatable bonds is 8. The smallest absolute Gasteiger partial charge is 0.122 e. The maximum atomic E-state index is 2.59. The molecule has 1 heterocycles. The fourth-order valence-electron chi connectivity index (χ4n) is 11.0. The van der Waals surface area contributed by atoms with E-state index >= 15 is 0 Å². The zero-order valence-corrected chi connectivity index (χ0v) is 36.2. The zero-order chi connectivity index (χ0) is 43.6. The Hall–Kier alpha value is -8.66. The summed E-state index contributed by atoms with van der Waals surface area (Å²) in [5.41, 5.74) is 14.3. The maximum Gasteiger partial charge on any atom is 0.122 e. The molecule has 0 fully saturated rings. The summed E-state index contributed by atoms with van der Waals surface area (Å²) < 4.78 is 2.41. The monoisotopic (exact) mass is 841 g/mol. The van der Waals surface area contributed by atoms with Gasteiger partial charge in [0.15, 0.2) is 0 Å². The second-order valence-electron chi connectivity index (χ2n) is 17.3. The molecule has 0 saturated carbocycles. The minimum atomic E-state index is -0.777. The number of para-hydroxylation sites is 3. The second kappa shape index (κ2) is 15.3. The molecule has 1 aromatic heterocycles. The van der Waals surface area contributed by atoms with Crippen molar-refractivity contribution in [2.45, 2.75) is 5.54 Å². The third-order valence-corrected chi connectivity index (χ3v) is 13.7. The van der Waals surface area contributed by atoms with E-state index in [4.69, 9.17) is 0 Å². The number of hydrogen-bond donors (Lipinski definition) is 0. The predicted octanol–water partition coefficient (Wildman–Crippen LogP) is 16.7. The summed E-state index contributed by atoms with van der Waals surface area (Å²) in [5, 5.41) is 7.24. The Bertz CT molecular complexity index is 3780. The van der Waals surface area contributed by atoms with Crippen LogP contribution < -0.4 is 9.80 Å². The van der Waals surface area contributed by atoms with Crippen molar-refractivity contribution in [2.75, 3.05) is 9.80 Å². The van der Waals surface area contributed by atoms with E-state index in [1.165, 1.54) is 65.7 Å². The number of anilines is 5. The molecule has 11 aromatic carbocycles. The van der Waals surface area contributed by atoms with Crippen molar-refractivity contribution >= 4 is 71.8 Å². The third-order valence-electron chi connectivity index (χ3n) is 13.7. The largest absolute Gasteiger partial charge is 0.323 e. The molecule has 0 N–H and O–H groups in total. The Morgan fingerprint density at radius 3 is 1.74 bits per heavy atom. The Morgan fingerprint density at radius 1 is 0.318 bits per heavy atom. The fraction of sp³-hybridized carbons (Fsp3) is 0.0159. The molecule has 3 nitrogen and oxygen atoms in total. The first kappa shape index (κ1) is 37.9. The third kappa shape index (κ3) is 5.77. The van der Waals surface area contributed by atoms with Gasteiger partial charge in [-0.2, -0.15) is 0 Å². The number of aromatic nitrogens is 1. The lowest BCUT2D eigenvalue weighted by atomic mass is 9.78. The number of fused-ring (bicyclic) bond motifs is 8. The van der Waals surface area contributed by atoms with Gasteiger partial charge in [-0.25, -0.2) is 0 Å². The molecule has 0 aliphatic heterocycles. The molecule has 66 heavy (non-hydrogen) atoms. The predicted molar refractivity (Wildman–Crippen MR) is 277 cm³/mol. The summed E-state index contributed by atoms with van der Waals surface area (Å²) in [6.45, 7) is 0. The highest BCUT2D eigenvalue weighted by Crippen LogP contribution is 2.59. The van der Waals surface area contributed by atoms with Gasteiger partial charge in [0, 0.05) is 44.6 Å². The quantitative estimate of drug-likeness (QED) is 0.151. The number of nitrogens with zero attached hydrogens (tertiary/aromatic N) is 3. The van der Waals surface area contributed by atoms with E-state index in [2.05, 4.69) is 275 Å². The minimum Gasteiger partial charge on any atom is -0.323 e. The van der Waals surface area contributed by atoms with Crippen LogP contribution in [0.5, 0.6) is 0 Å². The Kier molecular flexibility index (Phi) is 8.75. The van der Waals surface area contributed by atoms with E-state index in [1.807, 2.05) is 0 Å². The maximum absolute atomic E-state index is 2.59. The molecule has 12 aromatic rings. The zero-order valence-electron chi connectivity index (χ0n) is 36.2. The van der Waals surface area contributed by atoms with Crippen molar-refractivity contribution in [3.8, 4) is 16.8 Å². The van der Waals surface area contributed by atoms with Crippen LogP contribution in [-0.2, 0) is 5.54 Å². The van der Waals surface area contributed by atoms with Crippen molar-refractivity contribution in [3.05, 3.63) is 278 Å². The van der Waals surface area contributed by atoms with Crippen LogP contribution in [0.1, 0.15) is 16.7 Å². The van der Waals surface area contributed by atoms with Crippen molar-refractivity contribution in [3.63, 3.8) is 0 Å². The molecule has 3 heteroatoms. The highest BCUT2D eigenvalue weighted by Gasteiger charge is 2.50. The van der Waals surface area contributed by atoms with Gasteiger partial charge in [0.1, 0.15) is 5.54 Å². The van der Waals surface area contributed by atoms with Crippen LogP contribution in [0.2, 0.25) is 0 Å². The van der Waals surface area contributed by atoms with Crippen molar-refractivity contribution in [1.82, 2.24) is 4.57 Å². The number of hydrogen-bond acceptors (Lipinski definition) is 2. The summed E-state index contributed by atoms with van der Waals surface area (Å²) in [6.07, 6.45) is 0. The van der Waals surface area contributed by atoms with Gasteiger partial charge in [0.2, 0.25) is 0 Å². The van der Waals surface area contributed by atoms with E-state index < -0.39 is 5.54 Å². The van der Waals surface area contributed by atoms with Crippen LogP contribution in [0.25, 0.3) is 60.2 Å². The first-order valence-corrected chi connectivity index (χ1v) is 22.8. The number of benzene rings is 11. The van der Waals surface area contributed by atoms with Gasteiger partial charge in [-0.3, -0.25) is 0 Å². The molecule has 1 atom stereocenters. The van der Waals surface area contributed by atoms with Gasteiger partial charge >= 0.3 is 0 Å². The van der Waals surface area contributed by atoms with Gasteiger partial charge in [0.25, 0.3) is 0 Å². The second-order valence-corrected chi connectivity index (χ2v) is 17.3. The van der Waals surface area contributed by atoms with Crippen LogP contribution in [0.3, 0.4) is 0 Å². The molecule has 13 rings (SSSR count). The van der Waals surface area contributed by atoms with Crippen molar-refractivity contribution < 1.29 is 0 Å². The molecule has 1 aliphatic carbocycles. The van der Waals surface area contributed by atoms with Gasteiger partial charge in [-0.15, -0.1) is 0 Å². The van der Waals surface area contributed by atoms with Crippen molar-refractivity contribution in [1.29, 1.82) is 0 Å². The van der Waals surface area contributed by atoms with Crippen LogP contribution in [0, 0.1) is 0 Å². The Balaban J connectivity index is 1.13. The summed E-state index contributed by atoms with van der Waals surface area (Å²) in [5.74, 6) is 0. The average Bonchev–Trinajstić information content (AvgIpc) is 3.87. The van der Waals surface area contributed by atoms with E-state index in [1.54, 1.807) is 0 Å². The van der Waals surface area contributed by atoms with Gasteiger partial charge < -0.3 is 14.4 Å². The Labute approximate surface area is 384 Å². The molecule has 0 amide bonds. The fourth-order valence-corrected chi connectivity index (χ4v) is 11.0. The van der Waals surface area contributed by atoms with Crippen LogP contribution in [0.4, 0.5) is 28.4 Å². The highest BCUT2D eigenvalue weighted by atomic mass is 15.2. The molecule has 1 aliphatic rings. The topological polar surface area (TPSA) is 11.4 Å². The lowest BCUT2D eigenvalue weighted by Crippen LogP contribution is -2.44. The van der Waals surface area contributed by atoms with Crippen LogP contribution >= 0.6 is 0 Å². The van der Waals surface area contributed by atoms with E-state index in [9.17, 15) is 0 Å². The summed E-state index contributed by atoms with van der Waals surface area (Å²) in [7, 11) is 0. The van der Waals surface area contributed by atoms with E-state index in [-0.39, 0.29) is 0 Å². The first-order chi connectivity index (χ1) is 32.8. The van der Waals surface area contributed by atoms with Crippen LogP contribution in [-0.4, -0.2) is 4.57 Å². The van der Waals surface area contributed by atoms with Gasteiger partial charge in [0.05, 0.1) is 16.7 Å². The molecule has 0 spiro atoms. The van der Waals surface area contributed by atoms with E-state index in [0.717, 1.165) is 39.6 Å². The molecule has 0 bridgehead atoms. The molecular weight excluding hydrogens is 799 g/mol. The normalized spacial score (nSPS) is 14.1. The molecule has 1 unspecified atom stereocenters. The lowest BCUT2D eigenvalue weighted by Gasteiger charge is -2.45. The molecule has 0 radical (unpaired) electrons. The lowest BCUT2D eigenvalue weighted by molar-refractivity contribution is 0.644. The van der Waals surface area contributed by atoms with Gasteiger partial charge in [-0.05, 0) is 117 Å². The van der Waals surface area contributed by atoms with Crippen LogP contribution in [0.15, 0.2) is 261 Å².